The Labute approximate surface area is 115 Å². The van der Waals surface area contributed by atoms with E-state index in [4.69, 9.17) is 10.5 Å². The molecule has 0 bridgehead atoms. The summed E-state index contributed by atoms with van der Waals surface area (Å²) >= 11 is 3.01. The molecule has 0 amide bonds. The van der Waals surface area contributed by atoms with Crippen LogP contribution in [0, 0.1) is 0 Å². The fraction of sp³-hybridized carbons (Fsp3) is 0.364. The average molecular weight is 342 g/mol. The number of halogens is 4. The molecule has 0 radical (unpaired) electrons. The van der Waals surface area contributed by atoms with Crippen LogP contribution in [-0.2, 0) is 16.0 Å². The lowest BCUT2D eigenvalue weighted by atomic mass is 10.1. The van der Waals surface area contributed by atoms with Crippen LogP contribution in [0.3, 0.4) is 0 Å². The highest BCUT2D eigenvalue weighted by Crippen LogP contribution is 2.32. The first kappa shape index (κ1) is 15.6. The summed E-state index contributed by atoms with van der Waals surface area (Å²) in [6.07, 6.45) is -5.04. The number of esters is 1. The van der Waals surface area contributed by atoms with Gasteiger partial charge in [0.05, 0.1) is 13.0 Å². The monoisotopic (exact) mass is 341 g/mol. The average Bonchev–Trinajstić information content (AvgIpc) is 2.23. The van der Waals surface area contributed by atoms with Crippen molar-refractivity contribution < 1.29 is 27.4 Å². The standard InChI is InChI=1S/C11H11BrF3NO3/c1-2-18-9(17)4-6-3-7(19-11(13,14)15)5-8(12)10(6)16/h3,5H,2,4,16H2,1H3. The molecule has 4 nitrogen and oxygen atoms in total. The van der Waals surface area contributed by atoms with E-state index < -0.39 is 18.1 Å². The zero-order valence-electron chi connectivity index (χ0n) is 9.88. The highest BCUT2D eigenvalue weighted by Gasteiger charge is 2.31. The molecule has 0 unspecified atom stereocenters. The molecular formula is C11H11BrF3NO3. The summed E-state index contributed by atoms with van der Waals surface area (Å²) in [6.45, 7) is 1.80. The van der Waals surface area contributed by atoms with Gasteiger partial charge < -0.3 is 15.2 Å². The third-order valence-electron chi connectivity index (χ3n) is 2.06. The van der Waals surface area contributed by atoms with Gasteiger partial charge in [0.25, 0.3) is 0 Å². The first-order valence-corrected chi connectivity index (χ1v) is 6.01. The van der Waals surface area contributed by atoms with Gasteiger partial charge in [0.1, 0.15) is 5.75 Å². The predicted molar refractivity (Wildman–Crippen MR) is 65.6 cm³/mol. The van der Waals surface area contributed by atoms with Crippen LogP contribution in [0.2, 0.25) is 0 Å². The Morgan fingerprint density at radius 3 is 2.58 bits per heavy atom. The summed E-state index contributed by atoms with van der Waals surface area (Å²) in [4.78, 5) is 11.3. The van der Waals surface area contributed by atoms with E-state index in [1.165, 1.54) is 0 Å². The summed E-state index contributed by atoms with van der Waals surface area (Å²) in [5.41, 5.74) is 6.04. The Bertz CT molecular complexity index is 477. The van der Waals surface area contributed by atoms with E-state index >= 15 is 0 Å². The molecule has 0 aliphatic carbocycles. The van der Waals surface area contributed by atoms with Gasteiger partial charge in [0.2, 0.25) is 0 Å². The molecule has 2 N–H and O–H groups in total. The van der Waals surface area contributed by atoms with Gasteiger partial charge in [0, 0.05) is 10.2 Å². The zero-order chi connectivity index (χ0) is 14.6. The van der Waals surface area contributed by atoms with Crippen LogP contribution >= 0.6 is 15.9 Å². The Balaban J connectivity index is 3.00. The maximum absolute atomic E-state index is 12.1. The van der Waals surface area contributed by atoms with Crippen LogP contribution in [0.5, 0.6) is 5.75 Å². The minimum Gasteiger partial charge on any atom is -0.466 e. The number of nitrogens with two attached hydrogens (primary N) is 1. The number of rotatable bonds is 4. The van der Waals surface area contributed by atoms with E-state index in [-0.39, 0.29) is 28.8 Å². The van der Waals surface area contributed by atoms with E-state index in [1.54, 1.807) is 6.92 Å². The van der Waals surface area contributed by atoms with Gasteiger partial charge in [-0.25, -0.2) is 0 Å². The van der Waals surface area contributed by atoms with Gasteiger partial charge in [-0.1, -0.05) is 0 Å². The third kappa shape index (κ3) is 4.98. The maximum atomic E-state index is 12.1. The Morgan fingerprint density at radius 1 is 1.42 bits per heavy atom. The van der Waals surface area contributed by atoms with Crippen molar-refractivity contribution in [1.29, 1.82) is 0 Å². The molecule has 0 saturated carbocycles. The molecule has 1 aromatic carbocycles. The minimum atomic E-state index is -4.81. The number of carbonyl (C=O) groups is 1. The van der Waals surface area contributed by atoms with Crippen molar-refractivity contribution in [1.82, 2.24) is 0 Å². The van der Waals surface area contributed by atoms with Crippen molar-refractivity contribution in [3.63, 3.8) is 0 Å². The predicted octanol–water partition coefficient (Wildman–Crippen LogP) is 3.04. The highest BCUT2D eigenvalue weighted by molar-refractivity contribution is 9.10. The smallest absolute Gasteiger partial charge is 0.466 e. The lowest BCUT2D eigenvalue weighted by molar-refractivity contribution is -0.274. The van der Waals surface area contributed by atoms with Crippen molar-refractivity contribution >= 4 is 27.6 Å². The zero-order valence-corrected chi connectivity index (χ0v) is 11.5. The molecule has 19 heavy (non-hydrogen) atoms. The molecule has 0 fully saturated rings. The molecular weight excluding hydrogens is 331 g/mol. The molecule has 1 aromatic rings. The van der Waals surface area contributed by atoms with Crippen LogP contribution in [0.1, 0.15) is 12.5 Å². The molecule has 0 atom stereocenters. The number of benzene rings is 1. The van der Waals surface area contributed by atoms with Crippen molar-refractivity contribution in [3.8, 4) is 5.75 Å². The molecule has 0 aromatic heterocycles. The highest BCUT2D eigenvalue weighted by atomic mass is 79.9. The number of hydrogen-bond donors (Lipinski definition) is 1. The summed E-state index contributed by atoms with van der Waals surface area (Å²) in [5, 5.41) is 0. The van der Waals surface area contributed by atoms with Crippen LogP contribution in [0.4, 0.5) is 18.9 Å². The fourth-order valence-electron chi connectivity index (χ4n) is 1.35. The van der Waals surface area contributed by atoms with Gasteiger partial charge in [0.15, 0.2) is 0 Å². The Kier molecular flexibility index (Phi) is 5.04. The number of alkyl halides is 3. The number of anilines is 1. The van der Waals surface area contributed by atoms with Crippen LogP contribution in [0.25, 0.3) is 0 Å². The van der Waals surface area contributed by atoms with Crippen molar-refractivity contribution in [2.24, 2.45) is 0 Å². The summed E-state index contributed by atoms with van der Waals surface area (Å²) in [7, 11) is 0. The van der Waals surface area contributed by atoms with E-state index in [9.17, 15) is 18.0 Å². The SMILES string of the molecule is CCOC(=O)Cc1cc(OC(F)(F)F)cc(Br)c1N. The molecule has 0 heterocycles. The van der Waals surface area contributed by atoms with Gasteiger partial charge in [-0.3, -0.25) is 4.79 Å². The van der Waals surface area contributed by atoms with Crippen LogP contribution in [-0.4, -0.2) is 18.9 Å². The summed E-state index contributed by atoms with van der Waals surface area (Å²) < 4.78 is 45.1. The summed E-state index contributed by atoms with van der Waals surface area (Å²) in [5.74, 6) is -1.03. The topological polar surface area (TPSA) is 61.5 Å². The normalized spacial score (nSPS) is 11.2. The van der Waals surface area contributed by atoms with Gasteiger partial charge in [-0.2, -0.15) is 0 Å². The second-order valence-electron chi connectivity index (χ2n) is 3.51. The third-order valence-corrected chi connectivity index (χ3v) is 2.72. The quantitative estimate of drug-likeness (QED) is 0.675. The molecule has 0 saturated heterocycles. The minimum absolute atomic E-state index is 0.169. The van der Waals surface area contributed by atoms with Crippen LogP contribution < -0.4 is 10.5 Å². The first-order chi connectivity index (χ1) is 8.73. The number of hydrogen-bond acceptors (Lipinski definition) is 4. The molecule has 0 spiro atoms. The number of nitrogen functional groups attached to an aromatic ring is 1. The molecule has 8 heteroatoms. The van der Waals surface area contributed by atoms with Gasteiger partial charge in [-0.15, -0.1) is 13.2 Å². The Hall–Kier alpha value is -1.44. The van der Waals surface area contributed by atoms with Crippen molar-refractivity contribution in [2.45, 2.75) is 19.7 Å². The molecule has 1 rings (SSSR count). The second-order valence-corrected chi connectivity index (χ2v) is 4.36. The summed E-state index contributed by atoms with van der Waals surface area (Å²) in [6, 6.07) is 2.14. The van der Waals surface area contributed by atoms with Crippen molar-refractivity contribution in [3.05, 3.63) is 22.2 Å². The number of ether oxygens (including phenoxy) is 2. The lowest BCUT2D eigenvalue weighted by Gasteiger charge is -2.13. The first-order valence-electron chi connectivity index (χ1n) is 5.22. The molecule has 0 aliphatic rings. The van der Waals surface area contributed by atoms with Gasteiger partial charge in [-0.05, 0) is 40.5 Å². The maximum Gasteiger partial charge on any atom is 0.573 e. The number of carbonyl (C=O) groups excluding carboxylic acids is 1. The van der Waals surface area contributed by atoms with E-state index in [1.807, 2.05) is 0 Å². The molecule has 106 valence electrons. The van der Waals surface area contributed by atoms with Crippen molar-refractivity contribution in [2.75, 3.05) is 12.3 Å². The van der Waals surface area contributed by atoms with E-state index in [2.05, 4.69) is 20.7 Å². The van der Waals surface area contributed by atoms with Gasteiger partial charge >= 0.3 is 12.3 Å². The Morgan fingerprint density at radius 2 is 2.05 bits per heavy atom. The molecule has 0 aliphatic heterocycles. The second kappa shape index (κ2) is 6.14. The lowest BCUT2D eigenvalue weighted by Crippen LogP contribution is -2.18. The van der Waals surface area contributed by atoms with Crippen LogP contribution in [0.15, 0.2) is 16.6 Å². The fourth-order valence-corrected chi connectivity index (χ4v) is 1.83. The van der Waals surface area contributed by atoms with E-state index in [0.717, 1.165) is 12.1 Å². The largest absolute Gasteiger partial charge is 0.573 e. The van der Waals surface area contributed by atoms with E-state index in [0.29, 0.717) is 0 Å².